The van der Waals surface area contributed by atoms with Crippen molar-refractivity contribution in [1.82, 2.24) is 0 Å². The van der Waals surface area contributed by atoms with Crippen molar-refractivity contribution in [1.29, 1.82) is 0 Å². The molecule has 186 valence electrons. The van der Waals surface area contributed by atoms with Gasteiger partial charge in [0.1, 0.15) is 34.8 Å². The van der Waals surface area contributed by atoms with Crippen LogP contribution in [0.3, 0.4) is 0 Å². The van der Waals surface area contributed by atoms with Crippen molar-refractivity contribution in [3.8, 4) is 33.8 Å². The summed E-state index contributed by atoms with van der Waals surface area (Å²) in [6.45, 7) is 0. The molecule has 0 aliphatic rings. The average molecular weight is 506 g/mol. The van der Waals surface area contributed by atoms with Crippen LogP contribution in [-0.2, 0) is 9.59 Å². The van der Waals surface area contributed by atoms with Gasteiger partial charge in [-0.15, -0.1) is 0 Å². The van der Waals surface area contributed by atoms with Gasteiger partial charge in [-0.1, -0.05) is 30.3 Å². The zero-order chi connectivity index (χ0) is 26.4. The van der Waals surface area contributed by atoms with E-state index in [1.54, 1.807) is 0 Å². The van der Waals surface area contributed by atoms with Gasteiger partial charge in [0.2, 0.25) is 0 Å². The molecule has 0 aliphatic heterocycles. The van der Waals surface area contributed by atoms with Gasteiger partial charge in [-0.25, -0.2) is 22.4 Å². The van der Waals surface area contributed by atoms with Crippen LogP contribution in [0.4, 0.5) is 17.6 Å². The number of esters is 2. The fourth-order valence-corrected chi connectivity index (χ4v) is 3.42. The Morgan fingerprint density at radius 1 is 0.622 bits per heavy atom. The Balaban J connectivity index is 1.30. The minimum Gasteiger partial charge on any atom is -0.426 e. The summed E-state index contributed by atoms with van der Waals surface area (Å²) in [4.78, 5) is 24.0. The third-order valence-electron chi connectivity index (χ3n) is 5.18. The van der Waals surface area contributed by atoms with Crippen LogP contribution >= 0.6 is 0 Å². The topological polar surface area (TPSA) is 52.6 Å². The lowest BCUT2D eigenvalue weighted by molar-refractivity contribution is -0.133. The summed E-state index contributed by atoms with van der Waals surface area (Å²) in [7, 11) is 0. The Morgan fingerprint density at radius 3 is 1.54 bits per heavy atom. The molecule has 37 heavy (non-hydrogen) atoms. The van der Waals surface area contributed by atoms with Gasteiger partial charge in [0, 0.05) is 29.3 Å². The molecule has 0 N–H and O–H groups in total. The van der Waals surface area contributed by atoms with Gasteiger partial charge < -0.3 is 9.47 Å². The molecule has 0 fully saturated rings. The van der Waals surface area contributed by atoms with Crippen LogP contribution in [0.25, 0.3) is 22.3 Å². The van der Waals surface area contributed by atoms with E-state index in [0.29, 0.717) is 11.1 Å². The first-order valence-electron chi connectivity index (χ1n) is 11.0. The fraction of sp³-hybridized carbons (Fsp3) is 0.0345. The molecule has 0 heterocycles. The monoisotopic (exact) mass is 506 g/mol. The molecule has 0 aliphatic carbocycles. The first-order chi connectivity index (χ1) is 17.8. The molecular weight excluding hydrogens is 488 g/mol. The zero-order valence-corrected chi connectivity index (χ0v) is 19.1. The lowest BCUT2D eigenvalue weighted by Crippen LogP contribution is -2.08. The fourth-order valence-electron chi connectivity index (χ4n) is 3.42. The molecule has 4 rings (SSSR count). The van der Waals surface area contributed by atoms with E-state index in [-0.39, 0.29) is 29.0 Å². The van der Waals surface area contributed by atoms with Crippen LogP contribution in [0, 0.1) is 23.3 Å². The number of hydrogen-bond donors (Lipinski definition) is 0. The second kappa shape index (κ2) is 11.3. The van der Waals surface area contributed by atoms with E-state index >= 15 is 0 Å². The van der Waals surface area contributed by atoms with Gasteiger partial charge in [-0.3, -0.25) is 4.79 Å². The standard InChI is InChI=1S/C29H18F4O4/c30-20-8-4-18(5-9-20)24-14-12-22(16-26(24)32)36-28(34)2-1-3-29(35)37-23-13-15-25(27(33)17-23)19-6-10-21(31)11-7-19/h1-2,4-17H,3H2/b2-1+. The molecule has 4 aromatic carbocycles. The van der Waals surface area contributed by atoms with Crippen molar-refractivity contribution >= 4 is 11.9 Å². The maximum Gasteiger partial charge on any atom is 0.335 e. The van der Waals surface area contributed by atoms with Crippen LogP contribution in [0.5, 0.6) is 11.5 Å². The van der Waals surface area contributed by atoms with Gasteiger partial charge >= 0.3 is 11.9 Å². The summed E-state index contributed by atoms with van der Waals surface area (Å²) >= 11 is 0. The highest BCUT2D eigenvalue weighted by Crippen LogP contribution is 2.28. The molecule has 8 heteroatoms. The molecular formula is C29H18F4O4. The number of rotatable bonds is 7. The summed E-state index contributed by atoms with van der Waals surface area (Å²) in [5.41, 5.74) is 1.34. The number of hydrogen-bond acceptors (Lipinski definition) is 4. The lowest BCUT2D eigenvalue weighted by atomic mass is 10.1. The number of carbonyl (C=O) groups is 2. The highest BCUT2D eigenvalue weighted by molar-refractivity contribution is 5.85. The Bertz CT molecular complexity index is 1460. The lowest BCUT2D eigenvalue weighted by Gasteiger charge is -2.07. The molecule has 0 saturated heterocycles. The van der Waals surface area contributed by atoms with E-state index < -0.39 is 35.2 Å². The second-order valence-electron chi connectivity index (χ2n) is 7.80. The van der Waals surface area contributed by atoms with E-state index in [9.17, 15) is 27.2 Å². The number of carbonyl (C=O) groups excluding carboxylic acids is 2. The summed E-state index contributed by atoms with van der Waals surface area (Å²) in [5.74, 6) is -3.92. The van der Waals surface area contributed by atoms with Gasteiger partial charge in [0.05, 0.1) is 6.42 Å². The predicted molar refractivity (Wildman–Crippen MR) is 129 cm³/mol. The predicted octanol–water partition coefficient (Wildman–Crippen LogP) is 7.03. The van der Waals surface area contributed by atoms with Crippen molar-refractivity contribution in [2.75, 3.05) is 0 Å². The Hall–Kier alpha value is -4.72. The van der Waals surface area contributed by atoms with Crippen LogP contribution in [0.2, 0.25) is 0 Å². The molecule has 0 atom stereocenters. The molecule has 0 bridgehead atoms. The molecule has 4 aromatic rings. The largest absolute Gasteiger partial charge is 0.426 e. The molecule has 0 saturated carbocycles. The minimum atomic E-state index is -0.851. The third-order valence-corrected chi connectivity index (χ3v) is 5.18. The number of benzene rings is 4. The van der Waals surface area contributed by atoms with Crippen molar-refractivity contribution in [2.24, 2.45) is 0 Å². The van der Waals surface area contributed by atoms with Crippen LogP contribution in [-0.4, -0.2) is 11.9 Å². The SMILES string of the molecule is O=C(/C=C/CC(=O)Oc1ccc(-c2ccc(F)cc2)c(F)c1)Oc1ccc(-c2ccc(F)cc2)c(F)c1. The van der Waals surface area contributed by atoms with Gasteiger partial charge in [0.15, 0.2) is 0 Å². The van der Waals surface area contributed by atoms with Crippen molar-refractivity contribution in [2.45, 2.75) is 6.42 Å². The highest BCUT2D eigenvalue weighted by atomic mass is 19.1. The Labute approximate surface area is 209 Å². The summed E-state index contributed by atoms with van der Waals surface area (Å²) in [6.07, 6.45) is 1.86. The Kier molecular flexibility index (Phi) is 7.78. The maximum atomic E-state index is 14.4. The van der Waals surface area contributed by atoms with Gasteiger partial charge in [0.25, 0.3) is 0 Å². The van der Waals surface area contributed by atoms with Crippen molar-refractivity contribution < 1.29 is 36.6 Å². The summed E-state index contributed by atoms with van der Waals surface area (Å²) in [5, 5.41) is 0. The maximum absolute atomic E-state index is 14.4. The van der Waals surface area contributed by atoms with E-state index in [2.05, 4.69) is 0 Å². The quantitative estimate of drug-likeness (QED) is 0.117. The van der Waals surface area contributed by atoms with Gasteiger partial charge in [-0.05, 0) is 59.7 Å². The van der Waals surface area contributed by atoms with Crippen LogP contribution in [0.15, 0.2) is 97.1 Å². The number of halogens is 4. The van der Waals surface area contributed by atoms with Crippen molar-refractivity contribution in [3.63, 3.8) is 0 Å². The summed E-state index contributed by atoms with van der Waals surface area (Å²) < 4.78 is 65.0. The molecule has 0 aromatic heterocycles. The molecule has 0 radical (unpaired) electrons. The zero-order valence-electron chi connectivity index (χ0n) is 19.1. The van der Waals surface area contributed by atoms with Crippen LogP contribution < -0.4 is 9.47 Å². The first-order valence-corrected chi connectivity index (χ1v) is 11.0. The van der Waals surface area contributed by atoms with E-state index in [1.807, 2.05) is 0 Å². The van der Waals surface area contributed by atoms with E-state index in [4.69, 9.17) is 9.47 Å². The van der Waals surface area contributed by atoms with Crippen LogP contribution in [0.1, 0.15) is 6.42 Å². The smallest absolute Gasteiger partial charge is 0.335 e. The van der Waals surface area contributed by atoms with Gasteiger partial charge in [-0.2, -0.15) is 0 Å². The van der Waals surface area contributed by atoms with E-state index in [1.165, 1.54) is 78.9 Å². The second-order valence-corrected chi connectivity index (χ2v) is 7.80. The van der Waals surface area contributed by atoms with Crippen molar-refractivity contribution in [3.05, 3.63) is 120 Å². The first kappa shape index (κ1) is 25.4. The molecule has 0 amide bonds. The Morgan fingerprint density at radius 2 is 1.08 bits per heavy atom. The molecule has 4 nitrogen and oxygen atoms in total. The molecule has 0 unspecified atom stereocenters. The summed E-state index contributed by atoms with van der Waals surface area (Å²) in [6, 6.07) is 18.1. The number of ether oxygens (including phenoxy) is 2. The highest BCUT2D eigenvalue weighted by Gasteiger charge is 2.11. The minimum absolute atomic E-state index is 0.0407. The molecule has 0 spiro atoms. The normalized spacial score (nSPS) is 10.9. The average Bonchev–Trinajstić information content (AvgIpc) is 2.86. The third kappa shape index (κ3) is 6.70. The van der Waals surface area contributed by atoms with E-state index in [0.717, 1.165) is 18.2 Å².